The first-order valence-electron chi connectivity index (χ1n) is 20.0. The molecule has 60 heavy (non-hydrogen) atoms. The van der Waals surface area contributed by atoms with Gasteiger partial charge in [0, 0.05) is 40.2 Å². The second-order valence-electron chi connectivity index (χ2n) is 17.8. The molecule has 3 aliphatic rings. The van der Waals surface area contributed by atoms with Crippen molar-refractivity contribution in [2.24, 2.45) is 0 Å². The van der Waals surface area contributed by atoms with Crippen LogP contribution in [0.1, 0.15) is 97.6 Å². The molecule has 0 radical (unpaired) electrons. The third-order valence-electron chi connectivity index (χ3n) is 11.9. The molecule has 0 atom stereocenters. The van der Waals surface area contributed by atoms with Gasteiger partial charge in [0.25, 0.3) is 0 Å². The molecule has 4 heterocycles. The molecule has 1 aromatic heterocycles. The molecular formula is C50H42BF6N2O+. The summed E-state index contributed by atoms with van der Waals surface area (Å²) in [5.41, 5.74) is 5.26. The van der Waals surface area contributed by atoms with Crippen LogP contribution in [0.5, 0.6) is 11.5 Å². The van der Waals surface area contributed by atoms with Crippen LogP contribution in [0.15, 0.2) is 145 Å². The summed E-state index contributed by atoms with van der Waals surface area (Å²) in [6, 6.07) is 37.7. The average molecular weight is 812 g/mol. The summed E-state index contributed by atoms with van der Waals surface area (Å²) in [5.74, 6) is 0.911. The molecule has 6 aromatic rings. The molecule has 0 aliphatic carbocycles. The van der Waals surface area contributed by atoms with Gasteiger partial charge in [-0.05, 0) is 87.7 Å². The minimum absolute atomic E-state index is 0.132. The summed E-state index contributed by atoms with van der Waals surface area (Å²) in [7, 11) is 0. The molecule has 0 saturated heterocycles. The number of benzene rings is 5. The third kappa shape index (κ3) is 6.70. The van der Waals surface area contributed by atoms with Crippen LogP contribution in [0, 0.1) is 0 Å². The van der Waals surface area contributed by atoms with Crippen molar-refractivity contribution >= 4 is 18.3 Å². The lowest BCUT2D eigenvalue weighted by Gasteiger charge is -2.33. The van der Waals surface area contributed by atoms with Crippen molar-refractivity contribution in [2.45, 2.75) is 70.5 Å². The highest BCUT2D eigenvalue weighted by Crippen LogP contribution is 2.50. The first-order valence-corrected chi connectivity index (χ1v) is 20.0. The zero-order chi connectivity index (χ0) is 42.5. The molecule has 9 rings (SSSR count). The molecule has 5 aromatic carbocycles. The van der Waals surface area contributed by atoms with E-state index < -0.39 is 36.3 Å². The van der Waals surface area contributed by atoms with Crippen LogP contribution in [-0.2, 0) is 23.2 Å². The van der Waals surface area contributed by atoms with Gasteiger partial charge in [0.2, 0.25) is 0 Å². The van der Waals surface area contributed by atoms with E-state index in [2.05, 4.69) is 74.8 Å². The number of nitrogens with zero attached hydrogens (tertiary/aromatic N) is 2. The topological polar surface area (TPSA) is 17.2 Å². The van der Waals surface area contributed by atoms with E-state index >= 15 is 0 Å². The normalized spacial score (nSPS) is 15.5. The Morgan fingerprint density at radius 2 is 1.00 bits per heavy atom. The Kier molecular flexibility index (Phi) is 9.05. The molecule has 0 unspecified atom stereocenters. The lowest BCUT2D eigenvalue weighted by atomic mass is 9.53. The molecule has 0 fully saturated rings. The van der Waals surface area contributed by atoms with Crippen LogP contribution in [0.3, 0.4) is 0 Å². The number of halogens is 6. The van der Waals surface area contributed by atoms with E-state index in [1.54, 1.807) is 0 Å². The maximum absolute atomic E-state index is 14.6. The zero-order valence-electron chi connectivity index (χ0n) is 34.0. The predicted molar refractivity (Wildman–Crippen MR) is 226 cm³/mol. The van der Waals surface area contributed by atoms with E-state index in [4.69, 9.17) is 4.74 Å². The maximum Gasteiger partial charge on any atom is 0.634 e. The molecule has 0 saturated carbocycles. The number of ether oxygens (including phenoxy) is 1. The van der Waals surface area contributed by atoms with Crippen molar-refractivity contribution in [3.05, 3.63) is 195 Å². The molecule has 3 nitrogen and oxygen atoms in total. The van der Waals surface area contributed by atoms with Gasteiger partial charge in [-0.15, -0.1) is 0 Å². The minimum atomic E-state index is -5.03. The van der Waals surface area contributed by atoms with Gasteiger partial charge < -0.3 is 9.21 Å². The Labute approximate surface area is 346 Å². The Bertz CT molecular complexity index is 2700. The summed E-state index contributed by atoms with van der Waals surface area (Å²) < 4.78 is 98.1. The highest BCUT2D eigenvalue weighted by atomic mass is 19.4. The minimum Gasteiger partial charge on any atom is -0.457 e. The van der Waals surface area contributed by atoms with Crippen molar-refractivity contribution in [2.75, 3.05) is 0 Å². The Morgan fingerprint density at radius 3 is 1.50 bits per heavy atom. The number of hydrogen-bond donors (Lipinski definition) is 0. The van der Waals surface area contributed by atoms with E-state index in [0.29, 0.717) is 22.9 Å². The van der Waals surface area contributed by atoms with Crippen molar-refractivity contribution in [3.63, 3.8) is 0 Å². The largest absolute Gasteiger partial charge is 0.634 e. The van der Waals surface area contributed by atoms with E-state index in [9.17, 15) is 26.3 Å². The summed E-state index contributed by atoms with van der Waals surface area (Å²) in [5, 5.41) is 0. The Hall–Kier alpha value is -6.03. The van der Waals surface area contributed by atoms with E-state index in [-0.39, 0.29) is 28.0 Å². The number of aromatic nitrogens is 1. The van der Waals surface area contributed by atoms with Crippen molar-refractivity contribution in [1.29, 1.82) is 0 Å². The number of fused-ring (bicyclic) bond motifs is 4. The molecule has 10 heteroatoms. The number of alkyl halides is 6. The number of hydrogen-bond acceptors (Lipinski definition) is 1. The Balaban J connectivity index is 1.41. The maximum atomic E-state index is 14.6. The van der Waals surface area contributed by atoms with Crippen molar-refractivity contribution < 1.29 is 35.6 Å². The van der Waals surface area contributed by atoms with Crippen LogP contribution < -0.4 is 4.74 Å². The van der Waals surface area contributed by atoms with Gasteiger partial charge in [-0.25, -0.2) is 0 Å². The smallest absolute Gasteiger partial charge is 0.457 e. The van der Waals surface area contributed by atoms with Crippen LogP contribution >= 0.6 is 0 Å². The quantitative estimate of drug-likeness (QED) is 0.128. The molecule has 302 valence electrons. The van der Waals surface area contributed by atoms with Gasteiger partial charge in [0.1, 0.15) is 11.5 Å². The number of allylic oxidation sites excluding steroid dienone is 2. The van der Waals surface area contributed by atoms with E-state index in [1.807, 2.05) is 97.1 Å². The van der Waals surface area contributed by atoms with E-state index in [0.717, 1.165) is 56.9 Å². The first-order chi connectivity index (χ1) is 28.3. The lowest BCUT2D eigenvalue weighted by Crippen LogP contribution is -2.49. The fourth-order valence-corrected chi connectivity index (χ4v) is 8.83. The molecule has 0 N–H and O–H groups in total. The summed E-state index contributed by atoms with van der Waals surface area (Å²) in [6.45, 7) is 12.2. The van der Waals surface area contributed by atoms with Crippen LogP contribution in [0.4, 0.5) is 26.3 Å². The van der Waals surface area contributed by atoms with Gasteiger partial charge in [0.15, 0.2) is 11.4 Å². The van der Waals surface area contributed by atoms with Crippen LogP contribution in [0.2, 0.25) is 0 Å². The number of para-hydroxylation sites is 2. The predicted octanol–water partition coefficient (Wildman–Crippen LogP) is 13.4. The fourth-order valence-electron chi connectivity index (χ4n) is 8.83. The highest BCUT2D eigenvalue weighted by Gasteiger charge is 2.56. The summed E-state index contributed by atoms with van der Waals surface area (Å²) >= 11 is 0. The molecule has 0 bridgehead atoms. The zero-order valence-corrected chi connectivity index (χ0v) is 34.0. The monoisotopic (exact) mass is 811 g/mol. The average Bonchev–Trinajstić information content (AvgIpc) is 3.83. The lowest BCUT2D eigenvalue weighted by molar-refractivity contribution is -0.325. The van der Waals surface area contributed by atoms with Crippen molar-refractivity contribution in [1.82, 2.24) is 4.48 Å². The highest BCUT2D eigenvalue weighted by molar-refractivity contribution is 6.55. The Morgan fingerprint density at radius 1 is 0.517 bits per heavy atom. The molecule has 0 spiro atoms. The molecular weight excluding hydrogens is 769 g/mol. The standard InChI is InChI=1S/C50H42BF6N2O/c1-47(2,3)33-19-15-30(16-20-33)39-23-25-41-45(32-27-35(49(52,53)54)29-36(28-32)50(55,56)57)42-26-24-40(31-17-21-34(22-18-31)48(4,5)6)59(42)51(58(39)41)46-37-11-7-9-13-43(37)60-44-14-10-8-12-38(44)46/h7-29,46H,1-6H3/q+1. The van der Waals surface area contributed by atoms with Crippen molar-refractivity contribution in [3.8, 4) is 22.8 Å². The fraction of sp³-hybridized carbons (Fsp3) is 0.220. The SMILES string of the molecule is CC(C)(C)c1ccc(C2=[N+]3B(C4c5ccccc5Oc5ccccc54)n4c(ccc4-c4ccc(C(C)(C)C)cc4)C(c4cc(C(F)(F)F)cc(C(F)(F)F)c4)=C3C=C2)cc1. The summed E-state index contributed by atoms with van der Waals surface area (Å²) in [4.78, 5) is 0. The van der Waals surface area contributed by atoms with Crippen LogP contribution in [0.25, 0.3) is 16.8 Å². The van der Waals surface area contributed by atoms with Gasteiger partial charge in [0.05, 0.1) is 22.5 Å². The molecule has 0 amide bonds. The third-order valence-corrected chi connectivity index (χ3v) is 11.9. The molecule has 3 aliphatic heterocycles. The second kappa shape index (κ2) is 13.8. The summed E-state index contributed by atoms with van der Waals surface area (Å²) in [6.07, 6.45) is -6.32. The first kappa shape index (κ1) is 39.4. The van der Waals surface area contributed by atoms with Gasteiger partial charge in [-0.1, -0.05) is 114 Å². The van der Waals surface area contributed by atoms with Gasteiger partial charge >= 0.3 is 19.3 Å². The number of rotatable bonds is 4. The van der Waals surface area contributed by atoms with Gasteiger partial charge in [-0.2, -0.15) is 26.3 Å². The van der Waals surface area contributed by atoms with E-state index in [1.165, 1.54) is 0 Å². The second-order valence-corrected chi connectivity index (χ2v) is 17.8. The van der Waals surface area contributed by atoms with Crippen LogP contribution in [-0.4, -0.2) is 21.7 Å². The van der Waals surface area contributed by atoms with Gasteiger partial charge in [-0.3, -0.25) is 4.49 Å².